The number of unbranched alkanes of at least 4 members (excludes halogenated alkanes) is 10. The first-order chi connectivity index (χ1) is 47.6. The monoisotopic (exact) mass is 1390 g/mol. The van der Waals surface area contributed by atoms with Crippen LogP contribution in [0.4, 0.5) is 0 Å². The van der Waals surface area contributed by atoms with Crippen molar-refractivity contribution in [3.63, 3.8) is 0 Å². The molecule has 0 unspecified atom stereocenters. The average Bonchev–Trinajstić information content (AvgIpc) is 1.10. The van der Waals surface area contributed by atoms with Crippen LogP contribution in [0.5, 0.6) is 5.75 Å². The lowest BCUT2D eigenvalue weighted by atomic mass is 9.76. The van der Waals surface area contributed by atoms with E-state index < -0.39 is 0 Å². The van der Waals surface area contributed by atoms with Crippen molar-refractivity contribution >= 4 is 5.78 Å². The first-order valence-electron chi connectivity index (χ1n) is 40.5. The summed E-state index contributed by atoms with van der Waals surface area (Å²) in [6, 6.07) is 19.0. The van der Waals surface area contributed by atoms with E-state index in [1.807, 2.05) is 54.6 Å². The molecule has 0 N–H and O–H groups in total. The Morgan fingerprint density at radius 3 is 1.38 bits per heavy atom. The molecule has 9 nitrogen and oxygen atoms in total. The second-order valence-electron chi connectivity index (χ2n) is 31.5. The van der Waals surface area contributed by atoms with Gasteiger partial charge < -0.3 is 9.47 Å². The van der Waals surface area contributed by atoms with Crippen LogP contribution in [-0.2, 0) is 4.74 Å². The molecule has 100 heavy (non-hydrogen) atoms. The van der Waals surface area contributed by atoms with Crippen molar-refractivity contribution in [2.24, 2.45) is 74.0 Å². The molecule has 1 fully saturated rings. The smallest absolute Gasteiger partial charge is 0.193 e. The first kappa shape index (κ1) is 104. The fourth-order valence-corrected chi connectivity index (χ4v) is 9.81. The quantitative estimate of drug-likeness (QED) is 0.0125. The van der Waals surface area contributed by atoms with Crippen molar-refractivity contribution in [1.29, 1.82) is 5.26 Å². The number of carbonyl (C=O) groups is 1. The van der Waals surface area contributed by atoms with Gasteiger partial charge in [-0.1, -0.05) is 289 Å². The second-order valence-corrected chi connectivity index (χ2v) is 31.5. The van der Waals surface area contributed by atoms with E-state index in [0.29, 0.717) is 23.1 Å². The summed E-state index contributed by atoms with van der Waals surface area (Å²) in [4.78, 5) is 15.0. The van der Waals surface area contributed by atoms with Gasteiger partial charge in [-0.25, -0.2) is 0 Å². The summed E-state index contributed by atoms with van der Waals surface area (Å²) in [6.07, 6.45) is 51.4. The number of nitriles is 1. The van der Waals surface area contributed by atoms with Gasteiger partial charge in [0.1, 0.15) is 5.75 Å². The summed E-state index contributed by atoms with van der Waals surface area (Å²) in [5.41, 5.74) is 10.0. The Labute approximate surface area is 622 Å². The number of benzene rings is 2. The van der Waals surface area contributed by atoms with Crippen LogP contribution in [0.1, 0.15) is 374 Å². The van der Waals surface area contributed by atoms with Gasteiger partial charge in [0, 0.05) is 53.7 Å². The zero-order valence-corrected chi connectivity index (χ0v) is 69.9. The summed E-state index contributed by atoms with van der Waals surface area (Å²) < 4.78 is 11.0. The molecular weight excluding hydrogens is 1230 g/mol. The van der Waals surface area contributed by atoms with Crippen molar-refractivity contribution in [2.45, 2.75) is 364 Å². The van der Waals surface area contributed by atoms with Crippen LogP contribution in [0.2, 0.25) is 0 Å². The SMILES string of the molecule is C#CCCCC(C)C.CC(C)CCC1(C)N=N1.CC(C)CCCCCC#N.CC(C)CCCCCCN=[N+]=[N-].CC(C)CCCCCCOc1ccc(C(=O)c2ccccc2)cc1.CC/C=C/CCC(C)C.CC/C=C\CCC(C)C.CCC#CCCC(C)C.CCC1(CC(C)C)COC1. The molecule has 0 radical (unpaired) electrons. The predicted molar refractivity (Wildman–Crippen MR) is 442 cm³/mol. The standard InChI is InChI=1S/C22H28O2.C9H19N3.C9H17N.C9H18O.2C9H18.C9H16.C8H14.C7H14N2/c1-18(2)10-6-3-4-9-17-24-21-15-13-20(14-16-21)22(23)19-11-7-5-8-12-19;1-9(2)7-5-3-4-6-8-11-12-10;1-9(2)7-5-3-4-6-8-10;1-4-9(5-8(2)3)6-10-7-9;3*1-4-5-6-7-8-9(2)3;1-4-5-6-7-8(2)3;1-6(2)4-5-7(3)8-9-7/h5,7-8,11-16,18H,3-4,6,9-10,17H2,1-2H3;9H,3-8H2,1-2H3;9H,3-7H2,1-2H3;8H,4-7H2,1-3H3;2*5-6,9H,4,7-8H2,1-3H3;9H,4,7-8H2,1-3H3;1,8H,5-7H2,2-3H3;6H,4-5H2,1-3H3/b;;;;6-5+;6-5-;;;. The van der Waals surface area contributed by atoms with Crippen molar-refractivity contribution in [3.05, 3.63) is 100 Å². The van der Waals surface area contributed by atoms with E-state index in [1.165, 1.54) is 148 Å². The number of rotatable bonds is 41. The highest BCUT2D eigenvalue weighted by atomic mass is 16.5. The number of hydrogen-bond donors (Lipinski definition) is 0. The highest BCUT2D eigenvalue weighted by molar-refractivity contribution is 6.09. The fraction of sp³-hybridized carbons (Fsp3) is 0.758. The number of hydrogen-bond acceptors (Lipinski definition) is 7. The van der Waals surface area contributed by atoms with Crippen LogP contribution in [0.25, 0.3) is 10.4 Å². The minimum Gasteiger partial charge on any atom is -0.494 e. The third-order valence-electron chi connectivity index (χ3n) is 16.4. The van der Waals surface area contributed by atoms with Crippen LogP contribution < -0.4 is 4.74 Å². The van der Waals surface area contributed by atoms with E-state index in [9.17, 15) is 4.79 Å². The average molecular weight is 1390 g/mol. The molecule has 0 amide bonds. The van der Waals surface area contributed by atoms with Gasteiger partial charge in [0.2, 0.25) is 0 Å². The molecule has 2 aliphatic rings. The van der Waals surface area contributed by atoms with E-state index in [0.717, 1.165) is 130 Å². The normalized spacial score (nSPS) is 12.5. The molecule has 0 bridgehead atoms. The lowest BCUT2D eigenvalue weighted by Gasteiger charge is -2.42. The van der Waals surface area contributed by atoms with Crippen molar-refractivity contribution < 1.29 is 14.3 Å². The maximum Gasteiger partial charge on any atom is 0.193 e. The van der Waals surface area contributed by atoms with Crippen LogP contribution in [0.15, 0.2) is 94.2 Å². The largest absolute Gasteiger partial charge is 0.494 e. The predicted octanol–water partition coefficient (Wildman–Crippen LogP) is 30.0. The maximum atomic E-state index is 12.3. The van der Waals surface area contributed by atoms with Gasteiger partial charge in [0.15, 0.2) is 11.4 Å². The summed E-state index contributed by atoms with van der Waals surface area (Å²) in [6.45, 7) is 54.7. The molecule has 0 atom stereocenters. The minimum atomic E-state index is 0.0320. The third-order valence-corrected chi connectivity index (χ3v) is 16.4. The highest BCUT2D eigenvalue weighted by Gasteiger charge is 2.37. The zero-order valence-electron chi connectivity index (χ0n) is 69.9. The summed E-state index contributed by atoms with van der Waals surface area (Å²) in [5.74, 6) is 17.0. The van der Waals surface area contributed by atoms with Gasteiger partial charge in [-0.2, -0.15) is 15.5 Å². The van der Waals surface area contributed by atoms with Gasteiger partial charge in [0.25, 0.3) is 0 Å². The molecule has 2 aromatic carbocycles. The minimum absolute atomic E-state index is 0.0320. The summed E-state index contributed by atoms with van der Waals surface area (Å²) in [7, 11) is 0. The third kappa shape index (κ3) is 83.5. The number of azide groups is 1. The molecule has 4 rings (SSSR count). The Hall–Kier alpha value is -5.13. The summed E-state index contributed by atoms with van der Waals surface area (Å²) >= 11 is 0. The van der Waals surface area contributed by atoms with E-state index in [1.54, 1.807) is 0 Å². The maximum absolute atomic E-state index is 12.3. The Morgan fingerprint density at radius 1 is 0.550 bits per heavy atom. The molecule has 0 spiro atoms. The molecule has 0 saturated carbocycles. The topological polar surface area (TPSA) is 133 Å². The lowest BCUT2D eigenvalue weighted by Crippen LogP contribution is -2.42. The fourth-order valence-electron chi connectivity index (χ4n) is 9.81. The van der Waals surface area contributed by atoms with E-state index in [4.69, 9.17) is 26.7 Å². The number of terminal acetylenes is 1. The van der Waals surface area contributed by atoms with Gasteiger partial charge >= 0.3 is 0 Å². The Morgan fingerprint density at radius 2 is 1.00 bits per heavy atom. The molecule has 0 aromatic heterocycles. The van der Waals surface area contributed by atoms with E-state index in [2.05, 4.69) is 228 Å². The summed E-state index contributed by atoms with van der Waals surface area (Å²) in [5, 5.41) is 19.6. The highest BCUT2D eigenvalue weighted by Crippen LogP contribution is 2.37. The van der Waals surface area contributed by atoms with Gasteiger partial charge in [-0.3, -0.25) is 4.79 Å². The van der Waals surface area contributed by atoms with Crippen LogP contribution >= 0.6 is 0 Å². The molecule has 1 saturated heterocycles. The number of allylic oxidation sites excluding steroid dienone is 4. The van der Waals surface area contributed by atoms with Gasteiger partial charge in [-0.05, 0) is 186 Å². The van der Waals surface area contributed by atoms with Crippen molar-refractivity contribution in [3.8, 4) is 36.0 Å². The molecule has 2 aliphatic heterocycles. The first-order valence-corrected chi connectivity index (χ1v) is 40.5. The van der Waals surface area contributed by atoms with Crippen molar-refractivity contribution in [1.82, 2.24) is 0 Å². The number of ether oxygens (including phenoxy) is 2. The van der Waals surface area contributed by atoms with Crippen molar-refractivity contribution in [2.75, 3.05) is 26.4 Å². The van der Waals surface area contributed by atoms with Gasteiger partial charge in [0.05, 0.1) is 25.9 Å². The molecule has 9 heteroatoms. The lowest BCUT2D eigenvalue weighted by molar-refractivity contribution is -0.124. The zero-order chi connectivity index (χ0) is 76.5. The van der Waals surface area contributed by atoms with Crippen LogP contribution in [-0.4, -0.2) is 37.8 Å². The van der Waals surface area contributed by atoms with Gasteiger partial charge in [-0.15, -0.1) is 24.2 Å². The number of carbonyl (C=O) groups excluding carboxylic acids is 1. The Bertz CT molecular complexity index is 2330. The second kappa shape index (κ2) is 75.0. The molecule has 574 valence electrons. The molecule has 2 heterocycles. The van der Waals surface area contributed by atoms with Crippen LogP contribution in [0.3, 0.4) is 0 Å². The molecule has 0 aliphatic carbocycles. The number of ketones is 1. The molecule has 2 aromatic rings. The van der Waals surface area contributed by atoms with E-state index >= 15 is 0 Å². The Balaban J connectivity index is -0.000000350. The van der Waals surface area contributed by atoms with E-state index in [-0.39, 0.29) is 11.4 Å². The van der Waals surface area contributed by atoms with Crippen LogP contribution in [0, 0.1) is 94.2 Å². The molecular formula is C91H162N6O3. The Kier molecular flexibility index (Phi) is 77.7. The number of nitrogens with zero attached hydrogens (tertiary/aromatic N) is 6.